The molecule has 0 aliphatic rings. The van der Waals surface area contributed by atoms with Crippen LogP contribution in [0.2, 0.25) is 10.0 Å². The molecule has 0 aliphatic heterocycles. The Morgan fingerprint density at radius 3 is 2.38 bits per heavy atom. The average molecular weight is 529 g/mol. The van der Waals surface area contributed by atoms with E-state index in [1.165, 1.54) is 4.90 Å². The van der Waals surface area contributed by atoms with E-state index >= 15 is 0 Å². The van der Waals surface area contributed by atoms with Gasteiger partial charge in [-0.3, -0.25) is 13.9 Å². The zero-order valence-corrected chi connectivity index (χ0v) is 22.2. The van der Waals surface area contributed by atoms with Gasteiger partial charge in [0.25, 0.3) is 0 Å². The van der Waals surface area contributed by atoms with Gasteiger partial charge < -0.3 is 10.2 Å². The van der Waals surface area contributed by atoms with Crippen LogP contribution in [-0.4, -0.2) is 50.5 Å². The lowest BCUT2D eigenvalue weighted by atomic mass is 10.1. The maximum absolute atomic E-state index is 13.5. The van der Waals surface area contributed by atoms with Crippen molar-refractivity contribution in [2.75, 3.05) is 23.7 Å². The number of unbranched alkanes of at least 4 members (excludes halogenated alkanes) is 1. The molecular weight excluding hydrogens is 497 g/mol. The van der Waals surface area contributed by atoms with Crippen molar-refractivity contribution in [3.63, 3.8) is 0 Å². The first kappa shape index (κ1) is 28.0. The van der Waals surface area contributed by atoms with Crippen LogP contribution >= 0.6 is 23.2 Å². The summed E-state index contributed by atoms with van der Waals surface area (Å²) in [5, 5.41) is 3.53. The number of benzene rings is 2. The number of carbonyl (C=O) groups is 2. The molecule has 0 radical (unpaired) electrons. The van der Waals surface area contributed by atoms with E-state index in [9.17, 15) is 18.0 Å². The second-order valence-corrected chi connectivity index (χ2v) is 10.9. The Bertz CT molecular complexity index is 1120. The molecular formula is C24H31Cl2N3O4S. The van der Waals surface area contributed by atoms with Crippen molar-refractivity contribution in [3.8, 4) is 0 Å². The molecule has 0 aromatic heterocycles. The lowest BCUT2D eigenvalue weighted by molar-refractivity contribution is -0.139. The van der Waals surface area contributed by atoms with Gasteiger partial charge in [-0.1, -0.05) is 54.7 Å². The predicted molar refractivity (Wildman–Crippen MR) is 138 cm³/mol. The Morgan fingerprint density at radius 1 is 1.09 bits per heavy atom. The van der Waals surface area contributed by atoms with Crippen LogP contribution in [0.3, 0.4) is 0 Å². The van der Waals surface area contributed by atoms with Crippen molar-refractivity contribution >= 4 is 50.7 Å². The molecule has 0 spiro atoms. The standard InChI is InChI=1S/C24H31Cl2N3O4S/c1-5-6-12-27-24(31)18(3)28(15-19-10-11-21(25)22(26)14-19)23(30)16-29(34(4,32)33)20-9-7-8-17(2)13-20/h7-11,13-14,18H,5-6,12,15-16H2,1-4H3,(H,27,31). The smallest absolute Gasteiger partial charge is 0.244 e. The molecule has 34 heavy (non-hydrogen) atoms. The van der Waals surface area contributed by atoms with Gasteiger partial charge in [-0.25, -0.2) is 8.42 Å². The maximum Gasteiger partial charge on any atom is 0.244 e. The van der Waals surface area contributed by atoms with E-state index in [0.29, 0.717) is 27.8 Å². The summed E-state index contributed by atoms with van der Waals surface area (Å²) in [5.41, 5.74) is 1.90. The molecule has 1 unspecified atom stereocenters. The molecule has 2 aromatic rings. The zero-order valence-electron chi connectivity index (χ0n) is 19.8. The molecule has 0 fully saturated rings. The summed E-state index contributed by atoms with van der Waals surface area (Å²) < 4.78 is 26.2. The number of amides is 2. The number of nitrogens with zero attached hydrogens (tertiary/aromatic N) is 2. The fourth-order valence-corrected chi connectivity index (χ4v) is 4.51. The van der Waals surface area contributed by atoms with Crippen molar-refractivity contribution in [3.05, 3.63) is 63.6 Å². The van der Waals surface area contributed by atoms with Crippen molar-refractivity contribution in [2.24, 2.45) is 0 Å². The predicted octanol–water partition coefficient (Wildman–Crippen LogP) is 4.40. The summed E-state index contributed by atoms with van der Waals surface area (Å²) in [7, 11) is -3.77. The fourth-order valence-electron chi connectivity index (χ4n) is 3.35. The highest BCUT2D eigenvalue weighted by molar-refractivity contribution is 7.92. The number of hydrogen-bond donors (Lipinski definition) is 1. The van der Waals surface area contributed by atoms with Gasteiger partial charge in [0.15, 0.2) is 0 Å². The number of hydrogen-bond acceptors (Lipinski definition) is 4. The minimum absolute atomic E-state index is 0.0590. The van der Waals surface area contributed by atoms with E-state index < -0.39 is 28.5 Å². The second-order valence-electron chi connectivity index (χ2n) is 8.20. The molecule has 0 saturated heterocycles. The van der Waals surface area contributed by atoms with E-state index in [2.05, 4.69) is 5.32 Å². The van der Waals surface area contributed by atoms with Gasteiger partial charge in [-0.05, 0) is 55.7 Å². The number of halogens is 2. The first-order chi connectivity index (χ1) is 15.9. The SMILES string of the molecule is CCCCNC(=O)C(C)N(Cc1ccc(Cl)c(Cl)c1)C(=O)CN(c1cccc(C)c1)S(C)(=O)=O. The Kier molecular flexibility index (Phi) is 10.2. The monoisotopic (exact) mass is 527 g/mol. The van der Waals surface area contributed by atoms with Crippen LogP contribution in [-0.2, 0) is 26.2 Å². The van der Waals surface area contributed by atoms with Crippen LogP contribution in [0.15, 0.2) is 42.5 Å². The third kappa shape index (κ3) is 7.89. The second kappa shape index (κ2) is 12.4. The molecule has 0 heterocycles. The van der Waals surface area contributed by atoms with Crippen LogP contribution in [0.5, 0.6) is 0 Å². The molecule has 2 rings (SSSR count). The average Bonchev–Trinajstić information content (AvgIpc) is 2.76. The number of anilines is 1. The quantitative estimate of drug-likeness (QED) is 0.438. The van der Waals surface area contributed by atoms with Crippen molar-refractivity contribution in [1.82, 2.24) is 10.2 Å². The number of aryl methyl sites for hydroxylation is 1. The minimum Gasteiger partial charge on any atom is -0.354 e. The topological polar surface area (TPSA) is 86.8 Å². The molecule has 0 bridgehead atoms. The largest absolute Gasteiger partial charge is 0.354 e. The lowest BCUT2D eigenvalue weighted by Gasteiger charge is -2.31. The van der Waals surface area contributed by atoms with Crippen molar-refractivity contribution < 1.29 is 18.0 Å². The first-order valence-corrected chi connectivity index (χ1v) is 13.6. The van der Waals surface area contributed by atoms with E-state index in [1.54, 1.807) is 43.3 Å². The fraction of sp³-hybridized carbons (Fsp3) is 0.417. The number of nitrogens with one attached hydrogen (secondary N) is 1. The van der Waals surface area contributed by atoms with Crippen LogP contribution < -0.4 is 9.62 Å². The normalized spacial score (nSPS) is 12.2. The number of rotatable bonds is 11. The van der Waals surface area contributed by atoms with Gasteiger partial charge in [0.2, 0.25) is 21.8 Å². The van der Waals surface area contributed by atoms with Crippen LogP contribution in [0, 0.1) is 6.92 Å². The minimum atomic E-state index is -3.77. The Hall–Kier alpha value is -2.29. The van der Waals surface area contributed by atoms with Crippen molar-refractivity contribution in [2.45, 2.75) is 46.2 Å². The van der Waals surface area contributed by atoms with Gasteiger partial charge in [0.1, 0.15) is 12.6 Å². The summed E-state index contributed by atoms with van der Waals surface area (Å²) in [6, 6.07) is 11.0. The summed E-state index contributed by atoms with van der Waals surface area (Å²) in [4.78, 5) is 27.6. The Balaban J connectivity index is 2.37. The molecule has 1 atom stereocenters. The van der Waals surface area contributed by atoms with Gasteiger partial charge in [-0.2, -0.15) is 0 Å². The summed E-state index contributed by atoms with van der Waals surface area (Å²) >= 11 is 12.2. The molecule has 2 aromatic carbocycles. The van der Waals surface area contributed by atoms with Crippen molar-refractivity contribution in [1.29, 1.82) is 0 Å². The number of sulfonamides is 1. The maximum atomic E-state index is 13.5. The lowest BCUT2D eigenvalue weighted by Crippen LogP contribution is -2.51. The summed E-state index contributed by atoms with van der Waals surface area (Å²) in [6.07, 6.45) is 2.78. The third-order valence-electron chi connectivity index (χ3n) is 5.30. The molecule has 0 saturated carbocycles. The van der Waals surface area contributed by atoms with Crippen LogP contribution in [0.25, 0.3) is 0 Å². The Labute approximate surface area is 212 Å². The zero-order chi connectivity index (χ0) is 25.5. The van der Waals surface area contributed by atoms with Crippen LogP contribution in [0.4, 0.5) is 5.69 Å². The van der Waals surface area contributed by atoms with E-state index in [-0.39, 0.29) is 12.5 Å². The molecule has 1 N–H and O–H groups in total. The molecule has 0 aliphatic carbocycles. The van der Waals surface area contributed by atoms with Crippen LogP contribution in [0.1, 0.15) is 37.8 Å². The van der Waals surface area contributed by atoms with Gasteiger partial charge in [0.05, 0.1) is 22.0 Å². The first-order valence-electron chi connectivity index (χ1n) is 11.0. The molecule has 2 amide bonds. The van der Waals surface area contributed by atoms with E-state index in [0.717, 1.165) is 29.0 Å². The molecule has 186 valence electrons. The summed E-state index contributed by atoms with van der Waals surface area (Å²) in [6.45, 7) is 5.58. The Morgan fingerprint density at radius 2 is 1.79 bits per heavy atom. The highest BCUT2D eigenvalue weighted by Crippen LogP contribution is 2.24. The van der Waals surface area contributed by atoms with Gasteiger partial charge in [0, 0.05) is 13.1 Å². The number of carbonyl (C=O) groups excluding carboxylic acids is 2. The van der Waals surface area contributed by atoms with E-state index in [4.69, 9.17) is 23.2 Å². The third-order valence-corrected chi connectivity index (χ3v) is 7.18. The summed E-state index contributed by atoms with van der Waals surface area (Å²) in [5.74, 6) is -0.834. The van der Waals surface area contributed by atoms with E-state index in [1.807, 2.05) is 19.9 Å². The molecule has 7 nitrogen and oxygen atoms in total. The highest BCUT2D eigenvalue weighted by Gasteiger charge is 2.30. The van der Waals surface area contributed by atoms with Gasteiger partial charge >= 0.3 is 0 Å². The highest BCUT2D eigenvalue weighted by atomic mass is 35.5. The van der Waals surface area contributed by atoms with Gasteiger partial charge in [-0.15, -0.1) is 0 Å². The molecule has 10 heteroatoms.